The monoisotopic (exact) mass is 255 g/mol. The van der Waals surface area contributed by atoms with Crippen molar-refractivity contribution in [2.75, 3.05) is 6.61 Å². The number of rotatable bonds is 5. The first kappa shape index (κ1) is 13.3. The first-order valence-electron chi connectivity index (χ1n) is 6.24. The van der Waals surface area contributed by atoms with Gasteiger partial charge in [0.25, 0.3) is 0 Å². The molecule has 1 atom stereocenters. The Balaban J connectivity index is 2.13. The molecule has 0 aliphatic heterocycles. The van der Waals surface area contributed by atoms with Crippen molar-refractivity contribution in [3.63, 3.8) is 0 Å². The normalized spacial score (nSPS) is 12.5. The lowest BCUT2D eigenvalue weighted by molar-refractivity contribution is 0.122. The van der Waals surface area contributed by atoms with Crippen LogP contribution in [-0.2, 0) is 0 Å². The molecule has 0 aliphatic rings. The van der Waals surface area contributed by atoms with Gasteiger partial charge in [0.2, 0.25) is 0 Å². The summed E-state index contributed by atoms with van der Waals surface area (Å²) in [5.74, 6) is 0.767. The van der Waals surface area contributed by atoms with Gasteiger partial charge in [0.05, 0.1) is 6.10 Å². The van der Waals surface area contributed by atoms with Gasteiger partial charge >= 0.3 is 0 Å². The van der Waals surface area contributed by atoms with Crippen LogP contribution in [0.25, 0.3) is 12.2 Å². The van der Waals surface area contributed by atoms with Crippen LogP contribution >= 0.6 is 0 Å². The molecule has 98 valence electrons. The number of pyridine rings is 1. The van der Waals surface area contributed by atoms with Crippen LogP contribution in [0, 0.1) is 0 Å². The fourth-order valence-corrected chi connectivity index (χ4v) is 1.62. The summed E-state index contributed by atoms with van der Waals surface area (Å²) in [4.78, 5) is 4.06. The van der Waals surface area contributed by atoms with Crippen LogP contribution in [0.4, 0.5) is 0 Å². The average Bonchev–Trinajstić information content (AvgIpc) is 2.45. The quantitative estimate of drug-likeness (QED) is 0.893. The molecule has 0 spiro atoms. The predicted octanol–water partition coefficient (Wildman–Crippen LogP) is 3.01. The molecular formula is C16H17NO2. The summed E-state index contributed by atoms with van der Waals surface area (Å²) in [5, 5.41) is 9.26. The number of benzene rings is 1. The maximum Gasteiger partial charge on any atom is 0.126 e. The zero-order valence-corrected chi connectivity index (χ0v) is 10.9. The third kappa shape index (κ3) is 4.23. The van der Waals surface area contributed by atoms with Crippen LogP contribution < -0.4 is 4.74 Å². The Bertz CT molecular complexity index is 535. The molecule has 1 unspecified atom stereocenters. The number of hydrogen-bond acceptors (Lipinski definition) is 3. The fourth-order valence-electron chi connectivity index (χ4n) is 1.62. The van der Waals surface area contributed by atoms with Gasteiger partial charge in [-0.1, -0.05) is 36.4 Å². The number of aromatic nitrogens is 1. The van der Waals surface area contributed by atoms with Crippen molar-refractivity contribution in [3.8, 4) is 5.75 Å². The van der Waals surface area contributed by atoms with E-state index in [1.165, 1.54) is 0 Å². The number of ether oxygens (including phenoxy) is 1. The van der Waals surface area contributed by atoms with Gasteiger partial charge in [-0.3, -0.25) is 4.98 Å². The van der Waals surface area contributed by atoms with Crippen molar-refractivity contribution in [3.05, 3.63) is 59.9 Å². The highest BCUT2D eigenvalue weighted by Crippen LogP contribution is 2.20. The molecule has 19 heavy (non-hydrogen) atoms. The fraction of sp³-hybridized carbons (Fsp3) is 0.188. The van der Waals surface area contributed by atoms with Gasteiger partial charge in [-0.15, -0.1) is 0 Å². The lowest BCUT2D eigenvalue weighted by Crippen LogP contribution is -2.13. The first-order chi connectivity index (χ1) is 9.25. The van der Waals surface area contributed by atoms with E-state index in [0.717, 1.165) is 16.9 Å². The summed E-state index contributed by atoms with van der Waals surface area (Å²) >= 11 is 0. The average molecular weight is 255 g/mol. The van der Waals surface area contributed by atoms with Crippen LogP contribution in [-0.4, -0.2) is 22.8 Å². The second kappa shape index (κ2) is 6.71. The number of aliphatic hydroxyl groups excluding tert-OH is 1. The first-order valence-corrected chi connectivity index (χ1v) is 6.24. The van der Waals surface area contributed by atoms with Crippen molar-refractivity contribution in [1.29, 1.82) is 0 Å². The third-order valence-electron chi connectivity index (χ3n) is 2.54. The topological polar surface area (TPSA) is 42.4 Å². The van der Waals surface area contributed by atoms with Gasteiger partial charge in [0.1, 0.15) is 12.4 Å². The van der Waals surface area contributed by atoms with E-state index in [-0.39, 0.29) is 6.61 Å². The van der Waals surface area contributed by atoms with Crippen LogP contribution in [0.1, 0.15) is 18.1 Å². The lowest BCUT2D eigenvalue weighted by Gasteiger charge is -2.10. The van der Waals surface area contributed by atoms with E-state index in [1.54, 1.807) is 19.3 Å². The summed E-state index contributed by atoms with van der Waals surface area (Å²) in [5.41, 5.74) is 2.01. The second-order valence-electron chi connectivity index (χ2n) is 4.32. The van der Waals surface area contributed by atoms with E-state index in [9.17, 15) is 5.11 Å². The molecule has 0 amide bonds. The molecule has 0 radical (unpaired) electrons. The number of hydrogen-bond donors (Lipinski definition) is 1. The van der Waals surface area contributed by atoms with Crippen molar-refractivity contribution < 1.29 is 9.84 Å². The highest BCUT2D eigenvalue weighted by atomic mass is 16.5. The molecule has 2 rings (SSSR count). The molecule has 3 heteroatoms. The molecule has 0 fully saturated rings. The van der Waals surface area contributed by atoms with Crippen LogP contribution in [0.5, 0.6) is 5.75 Å². The standard InChI is InChI=1S/C16H17NO2/c1-13(18)12-19-16-7-3-2-6-15(16)9-8-14-5-4-10-17-11-14/h2-11,13,18H,12H2,1H3. The second-order valence-corrected chi connectivity index (χ2v) is 4.32. The minimum absolute atomic E-state index is 0.289. The molecule has 1 aromatic carbocycles. The largest absolute Gasteiger partial charge is 0.490 e. The summed E-state index contributed by atoms with van der Waals surface area (Å²) in [6.45, 7) is 1.99. The van der Waals surface area contributed by atoms with E-state index in [2.05, 4.69) is 4.98 Å². The van der Waals surface area contributed by atoms with Gasteiger partial charge in [-0.05, 0) is 24.6 Å². The van der Waals surface area contributed by atoms with Crippen molar-refractivity contribution in [2.45, 2.75) is 13.0 Å². The zero-order chi connectivity index (χ0) is 13.5. The number of para-hydroxylation sites is 1. The van der Waals surface area contributed by atoms with Crippen molar-refractivity contribution >= 4 is 12.2 Å². The lowest BCUT2D eigenvalue weighted by atomic mass is 10.1. The van der Waals surface area contributed by atoms with E-state index >= 15 is 0 Å². The molecule has 1 aromatic heterocycles. The maximum atomic E-state index is 9.26. The molecule has 3 nitrogen and oxygen atoms in total. The maximum absolute atomic E-state index is 9.26. The Kier molecular flexibility index (Phi) is 4.70. The molecule has 0 aliphatic carbocycles. The van der Waals surface area contributed by atoms with Crippen LogP contribution in [0.2, 0.25) is 0 Å². The highest BCUT2D eigenvalue weighted by molar-refractivity contribution is 5.72. The van der Waals surface area contributed by atoms with Gasteiger partial charge in [0, 0.05) is 18.0 Å². The Morgan fingerprint density at radius 3 is 2.79 bits per heavy atom. The molecule has 0 bridgehead atoms. The minimum Gasteiger partial charge on any atom is -0.490 e. The summed E-state index contributed by atoms with van der Waals surface area (Å²) in [6.07, 6.45) is 7.04. The summed E-state index contributed by atoms with van der Waals surface area (Å²) in [6, 6.07) is 11.6. The Hall–Kier alpha value is -2.13. The molecule has 0 saturated heterocycles. The van der Waals surface area contributed by atoms with Gasteiger partial charge in [0.15, 0.2) is 0 Å². The Labute approximate surface area is 113 Å². The summed E-state index contributed by atoms with van der Waals surface area (Å²) in [7, 11) is 0. The van der Waals surface area contributed by atoms with Crippen LogP contribution in [0.3, 0.4) is 0 Å². The van der Waals surface area contributed by atoms with E-state index in [0.29, 0.717) is 0 Å². The molecular weight excluding hydrogens is 238 g/mol. The Morgan fingerprint density at radius 2 is 2.05 bits per heavy atom. The van der Waals surface area contributed by atoms with E-state index in [1.807, 2.05) is 48.6 Å². The highest BCUT2D eigenvalue weighted by Gasteiger charge is 2.01. The third-order valence-corrected chi connectivity index (χ3v) is 2.54. The predicted molar refractivity (Wildman–Crippen MR) is 76.8 cm³/mol. The SMILES string of the molecule is CC(O)COc1ccccc1C=Cc1cccnc1. The van der Waals surface area contributed by atoms with Gasteiger partial charge in [-0.2, -0.15) is 0 Å². The zero-order valence-electron chi connectivity index (χ0n) is 10.9. The molecule has 1 heterocycles. The number of nitrogens with zero attached hydrogens (tertiary/aromatic N) is 1. The smallest absolute Gasteiger partial charge is 0.126 e. The molecule has 1 N–H and O–H groups in total. The van der Waals surface area contributed by atoms with Crippen molar-refractivity contribution in [2.24, 2.45) is 0 Å². The van der Waals surface area contributed by atoms with Gasteiger partial charge < -0.3 is 9.84 Å². The van der Waals surface area contributed by atoms with Crippen molar-refractivity contribution in [1.82, 2.24) is 4.98 Å². The summed E-state index contributed by atoms with van der Waals surface area (Å²) < 4.78 is 5.57. The van der Waals surface area contributed by atoms with E-state index < -0.39 is 6.10 Å². The van der Waals surface area contributed by atoms with Gasteiger partial charge in [-0.25, -0.2) is 0 Å². The van der Waals surface area contributed by atoms with Crippen LogP contribution in [0.15, 0.2) is 48.8 Å². The minimum atomic E-state index is -0.477. The van der Waals surface area contributed by atoms with E-state index in [4.69, 9.17) is 4.74 Å². The Morgan fingerprint density at radius 1 is 1.21 bits per heavy atom. The number of aliphatic hydroxyl groups is 1. The molecule has 0 saturated carbocycles. The molecule has 2 aromatic rings.